The second kappa shape index (κ2) is 5.12. The van der Waals surface area contributed by atoms with Crippen LogP contribution < -0.4 is 0 Å². The highest BCUT2D eigenvalue weighted by molar-refractivity contribution is 5.87. The van der Waals surface area contributed by atoms with Crippen molar-refractivity contribution >= 4 is 12.2 Å². The van der Waals surface area contributed by atoms with Crippen LogP contribution in [0.25, 0.3) is 0 Å². The number of halogens is 3. The lowest BCUT2D eigenvalue weighted by Gasteiger charge is -2.71. The molecule has 5 rings (SSSR count). The third-order valence-corrected chi connectivity index (χ3v) is 5.74. The van der Waals surface area contributed by atoms with E-state index in [1.54, 1.807) is 16.9 Å². The number of rotatable bonds is 4. The fourth-order valence-electron chi connectivity index (χ4n) is 4.56. The molecule has 4 fully saturated rings. The largest absolute Gasteiger partial charge is 0.522 e. The number of carboxylic acid groups (broad SMARTS) is 2. The Morgan fingerprint density at radius 1 is 1.23 bits per heavy atom. The molecule has 1 aromatic heterocycles. The van der Waals surface area contributed by atoms with E-state index in [4.69, 9.17) is 10.2 Å². The summed E-state index contributed by atoms with van der Waals surface area (Å²) in [5.74, 6) is -0.0977. The number of aromatic nitrogens is 2. The highest BCUT2D eigenvalue weighted by Crippen LogP contribution is 2.67. The molecule has 26 heavy (non-hydrogen) atoms. The molecule has 0 atom stereocenters. The van der Waals surface area contributed by atoms with Gasteiger partial charge in [0.05, 0.1) is 22.9 Å². The van der Waals surface area contributed by atoms with Crippen LogP contribution in [0.4, 0.5) is 22.8 Å². The van der Waals surface area contributed by atoms with Gasteiger partial charge in [0.1, 0.15) is 0 Å². The number of imide groups is 1. The van der Waals surface area contributed by atoms with E-state index in [2.05, 4.69) is 9.84 Å². The van der Waals surface area contributed by atoms with E-state index in [0.717, 1.165) is 0 Å². The van der Waals surface area contributed by atoms with Crippen LogP contribution in [-0.2, 0) is 10.3 Å². The van der Waals surface area contributed by atoms with Crippen molar-refractivity contribution in [2.45, 2.75) is 61.6 Å². The Labute approximate surface area is 145 Å². The van der Waals surface area contributed by atoms with E-state index in [1.165, 1.54) is 0 Å². The number of ether oxygens (including phenoxy) is 1. The van der Waals surface area contributed by atoms with Crippen molar-refractivity contribution in [1.29, 1.82) is 0 Å². The summed E-state index contributed by atoms with van der Waals surface area (Å²) < 4.78 is 42.2. The van der Waals surface area contributed by atoms with Crippen molar-refractivity contribution in [3.05, 3.63) is 18.0 Å². The molecule has 1 aromatic rings. The minimum Gasteiger partial charge on any atom is -0.465 e. The van der Waals surface area contributed by atoms with Crippen LogP contribution >= 0.6 is 0 Å². The average molecular weight is 375 g/mol. The maximum atomic E-state index is 12.2. The number of hydrogen-bond donors (Lipinski definition) is 2. The molecule has 2 N–H and O–H groups in total. The monoisotopic (exact) mass is 375 g/mol. The summed E-state index contributed by atoms with van der Waals surface area (Å²) in [4.78, 5) is 22.8. The van der Waals surface area contributed by atoms with Crippen molar-refractivity contribution < 1.29 is 37.7 Å². The summed E-state index contributed by atoms with van der Waals surface area (Å²) in [6.45, 7) is 0. The molecular formula is C15H16F3N3O5. The van der Waals surface area contributed by atoms with Crippen LogP contribution in [0.15, 0.2) is 12.3 Å². The molecule has 0 unspecified atom stereocenters. The number of alkyl halides is 3. The van der Waals surface area contributed by atoms with E-state index >= 15 is 0 Å². The molecule has 0 saturated heterocycles. The molecule has 4 aliphatic carbocycles. The van der Waals surface area contributed by atoms with Crippen LogP contribution in [0.1, 0.15) is 43.7 Å². The molecule has 11 heteroatoms. The second-order valence-electron chi connectivity index (χ2n) is 7.42. The van der Waals surface area contributed by atoms with Crippen molar-refractivity contribution in [2.24, 2.45) is 0 Å². The Kier molecular flexibility index (Phi) is 3.37. The number of nitrogens with zero attached hydrogens (tertiary/aromatic N) is 3. The number of hydrogen-bond acceptors (Lipinski definition) is 4. The maximum absolute atomic E-state index is 12.2. The standard InChI is InChI=1S/C15H16F3N3O5/c16-15(17,18)26-9-3-8(4-9)10-1-2-20(19-10)13-5-14(6-13,7-13)21(11(22)23)12(24)25/h1-2,8-9H,3-7H2,(H,22,23)(H,24,25). The van der Waals surface area contributed by atoms with Crippen molar-refractivity contribution in [2.75, 3.05) is 0 Å². The molecule has 142 valence electrons. The first-order valence-corrected chi connectivity index (χ1v) is 8.10. The molecule has 0 radical (unpaired) electrons. The molecule has 4 aliphatic rings. The minimum atomic E-state index is -4.63. The summed E-state index contributed by atoms with van der Waals surface area (Å²) in [6.07, 6.45) is -5.13. The fourth-order valence-corrected chi connectivity index (χ4v) is 4.56. The Balaban J connectivity index is 1.37. The van der Waals surface area contributed by atoms with Gasteiger partial charge >= 0.3 is 18.5 Å². The van der Waals surface area contributed by atoms with E-state index < -0.39 is 35.7 Å². The van der Waals surface area contributed by atoms with Gasteiger partial charge in [-0.2, -0.15) is 5.10 Å². The van der Waals surface area contributed by atoms with E-state index in [1.807, 2.05) is 0 Å². The summed E-state index contributed by atoms with van der Waals surface area (Å²) in [5.41, 5.74) is -0.599. The van der Waals surface area contributed by atoms with Crippen LogP contribution in [-0.4, -0.2) is 55.1 Å². The second-order valence-corrected chi connectivity index (χ2v) is 7.42. The molecule has 2 amide bonds. The lowest BCUT2D eigenvalue weighted by molar-refractivity contribution is -0.351. The first-order chi connectivity index (χ1) is 12.0. The Bertz CT molecular complexity index is 737. The SMILES string of the molecule is O=C(O)N(C(=O)O)C12CC(n3ccc(C4CC(OC(F)(F)F)C4)n3)(C1)C2. The van der Waals surface area contributed by atoms with Crippen LogP contribution in [0.2, 0.25) is 0 Å². The Morgan fingerprint density at radius 3 is 2.31 bits per heavy atom. The quantitative estimate of drug-likeness (QED) is 0.838. The topological polar surface area (TPSA) is 105 Å². The molecule has 1 heterocycles. The summed E-state index contributed by atoms with van der Waals surface area (Å²) in [7, 11) is 0. The van der Waals surface area contributed by atoms with Crippen molar-refractivity contribution in [3.8, 4) is 0 Å². The zero-order valence-electron chi connectivity index (χ0n) is 13.4. The first kappa shape index (κ1) is 17.1. The highest BCUT2D eigenvalue weighted by atomic mass is 19.4. The normalized spacial score (nSPS) is 35.0. The average Bonchev–Trinajstić information content (AvgIpc) is 2.82. The van der Waals surface area contributed by atoms with E-state index in [-0.39, 0.29) is 18.8 Å². The first-order valence-electron chi connectivity index (χ1n) is 8.10. The maximum Gasteiger partial charge on any atom is 0.522 e. The van der Waals surface area contributed by atoms with Gasteiger partial charge in [-0.15, -0.1) is 13.2 Å². The zero-order chi connectivity index (χ0) is 18.9. The van der Waals surface area contributed by atoms with E-state index in [9.17, 15) is 22.8 Å². The zero-order valence-corrected chi connectivity index (χ0v) is 13.4. The minimum absolute atomic E-state index is 0.0977. The van der Waals surface area contributed by atoms with Crippen LogP contribution in [0.3, 0.4) is 0 Å². The predicted octanol–water partition coefficient (Wildman–Crippen LogP) is 2.96. The summed E-state index contributed by atoms with van der Waals surface area (Å²) in [6, 6.07) is 1.74. The van der Waals surface area contributed by atoms with Gasteiger partial charge in [-0.05, 0) is 38.2 Å². The molecule has 0 aliphatic heterocycles. The van der Waals surface area contributed by atoms with Gasteiger partial charge in [0.15, 0.2) is 0 Å². The molecule has 4 saturated carbocycles. The lowest BCUT2D eigenvalue weighted by Crippen LogP contribution is -2.80. The summed E-state index contributed by atoms with van der Waals surface area (Å²) in [5, 5.41) is 22.6. The van der Waals surface area contributed by atoms with Crippen LogP contribution in [0.5, 0.6) is 0 Å². The van der Waals surface area contributed by atoms with Gasteiger partial charge in [-0.3, -0.25) is 9.42 Å². The van der Waals surface area contributed by atoms with Crippen molar-refractivity contribution in [1.82, 2.24) is 14.7 Å². The predicted molar refractivity (Wildman–Crippen MR) is 77.6 cm³/mol. The van der Waals surface area contributed by atoms with Gasteiger partial charge in [0, 0.05) is 12.1 Å². The van der Waals surface area contributed by atoms with Crippen molar-refractivity contribution in [3.63, 3.8) is 0 Å². The van der Waals surface area contributed by atoms with Gasteiger partial charge in [0.25, 0.3) is 0 Å². The summed E-state index contributed by atoms with van der Waals surface area (Å²) >= 11 is 0. The highest BCUT2D eigenvalue weighted by Gasteiger charge is 2.74. The number of carbonyl (C=O) groups is 2. The smallest absolute Gasteiger partial charge is 0.465 e. The third kappa shape index (κ3) is 2.44. The van der Waals surface area contributed by atoms with Gasteiger partial charge in [0.2, 0.25) is 0 Å². The van der Waals surface area contributed by atoms with Gasteiger partial charge in [-0.25, -0.2) is 14.5 Å². The molecule has 8 nitrogen and oxygen atoms in total. The molecular weight excluding hydrogens is 359 g/mol. The molecule has 2 bridgehead atoms. The molecule has 0 spiro atoms. The molecule has 0 aromatic carbocycles. The Hall–Kier alpha value is -2.30. The number of amides is 2. The lowest BCUT2D eigenvalue weighted by atomic mass is 9.43. The Morgan fingerprint density at radius 2 is 1.81 bits per heavy atom. The van der Waals surface area contributed by atoms with Gasteiger partial charge in [-0.1, -0.05) is 0 Å². The van der Waals surface area contributed by atoms with Crippen LogP contribution in [0, 0.1) is 0 Å². The fraction of sp³-hybridized carbons (Fsp3) is 0.667. The van der Waals surface area contributed by atoms with E-state index in [0.29, 0.717) is 29.9 Å². The third-order valence-electron chi connectivity index (χ3n) is 5.74. The van der Waals surface area contributed by atoms with Gasteiger partial charge < -0.3 is 10.2 Å².